The number of benzene rings is 1. The second kappa shape index (κ2) is 8.73. The number of rotatable bonds is 5. The molecule has 2 N–H and O–H groups in total. The zero-order valence-electron chi connectivity index (χ0n) is 16.6. The van der Waals surface area contributed by atoms with Crippen molar-refractivity contribution in [2.75, 3.05) is 6.61 Å². The van der Waals surface area contributed by atoms with Gasteiger partial charge in [0.1, 0.15) is 10.8 Å². The Morgan fingerprint density at radius 1 is 1.18 bits per heavy atom. The molecule has 1 heterocycles. The molecule has 1 aliphatic carbocycles. The highest BCUT2D eigenvalue weighted by molar-refractivity contribution is 7.13. The van der Waals surface area contributed by atoms with Crippen LogP contribution in [0.5, 0.6) is 5.75 Å². The van der Waals surface area contributed by atoms with E-state index in [9.17, 15) is 9.59 Å². The number of carbonyl (C=O) groups excluding carboxylic acids is 2. The second-order valence-electron chi connectivity index (χ2n) is 8.10. The second-order valence-corrected chi connectivity index (χ2v) is 8.96. The molecule has 0 spiro atoms. The molecule has 7 heteroatoms. The van der Waals surface area contributed by atoms with Crippen molar-refractivity contribution < 1.29 is 14.3 Å². The number of hydrogen-bond acceptors (Lipinski definition) is 5. The third kappa shape index (κ3) is 5.55. The first-order chi connectivity index (χ1) is 13.3. The Hall–Kier alpha value is -2.41. The molecule has 0 aliphatic heterocycles. The van der Waals surface area contributed by atoms with Gasteiger partial charge in [0.2, 0.25) is 0 Å². The lowest BCUT2D eigenvalue weighted by atomic mass is 9.93. The number of aromatic nitrogens is 1. The van der Waals surface area contributed by atoms with Crippen molar-refractivity contribution in [3.63, 3.8) is 0 Å². The van der Waals surface area contributed by atoms with E-state index in [2.05, 4.69) is 36.8 Å². The third-order valence-electron chi connectivity index (χ3n) is 4.69. The van der Waals surface area contributed by atoms with Crippen LogP contribution in [0, 0.1) is 0 Å². The van der Waals surface area contributed by atoms with Crippen LogP contribution in [0.25, 0.3) is 10.6 Å². The van der Waals surface area contributed by atoms with Crippen LogP contribution in [0.2, 0.25) is 0 Å². The molecule has 1 saturated carbocycles. The van der Waals surface area contributed by atoms with Crippen LogP contribution in [0.15, 0.2) is 29.6 Å². The van der Waals surface area contributed by atoms with E-state index in [0.29, 0.717) is 5.75 Å². The number of imide groups is 1. The number of amides is 3. The van der Waals surface area contributed by atoms with Crippen molar-refractivity contribution in [3.8, 4) is 16.3 Å². The summed E-state index contributed by atoms with van der Waals surface area (Å²) >= 11 is 1.61. The quantitative estimate of drug-likeness (QED) is 0.785. The SMILES string of the molecule is CC(C)(C)c1csc(-c2ccc(OCC(=O)NC(=O)NC3CCCC3)cc2)n1. The normalized spacial score (nSPS) is 14.7. The highest BCUT2D eigenvalue weighted by Crippen LogP contribution is 2.30. The Morgan fingerprint density at radius 3 is 2.46 bits per heavy atom. The Bertz CT molecular complexity index is 818. The number of carbonyl (C=O) groups is 2. The van der Waals surface area contributed by atoms with Crippen LogP contribution < -0.4 is 15.4 Å². The smallest absolute Gasteiger partial charge is 0.321 e. The van der Waals surface area contributed by atoms with E-state index in [4.69, 9.17) is 9.72 Å². The van der Waals surface area contributed by atoms with Gasteiger partial charge in [0.15, 0.2) is 6.61 Å². The Kier molecular flexibility index (Phi) is 6.34. The predicted octanol–water partition coefficient (Wildman–Crippen LogP) is 4.25. The molecule has 1 aromatic carbocycles. The number of hydrogen-bond donors (Lipinski definition) is 2. The summed E-state index contributed by atoms with van der Waals surface area (Å²) in [5.74, 6) is 0.108. The summed E-state index contributed by atoms with van der Waals surface area (Å²) in [6.45, 7) is 6.22. The van der Waals surface area contributed by atoms with Gasteiger partial charge in [0.25, 0.3) is 5.91 Å². The van der Waals surface area contributed by atoms with Crippen molar-refractivity contribution in [1.82, 2.24) is 15.6 Å². The van der Waals surface area contributed by atoms with Crippen molar-refractivity contribution in [2.24, 2.45) is 0 Å². The fourth-order valence-electron chi connectivity index (χ4n) is 3.05. The first-order valence-corrected chi connectivity index (χ1v) is 10.5. The summed E-state index contributed by atoms with van der Waals surface area (Å²) in [4.78, 5) is 28.4. The van der Waals surface area contributed by atoms with Crippen LogP contribution in [0.1, 0.15) is 52.1 Å². The molecule has 150 valence electrons. The molecule has 1 aliphatic rings. The molecular weight excluding hydrogens is 374 g/mol. The van der Waals surface area contributed by atoms with Gasteiger partial charge in [-0.25, -0.2) is 9.78 Å². The van der Waals surface area contributed by atoms with E-state index in [-0.39, 0.29) is 18.1 Å². The van der Waals surface area contributed by atoms with E-state index < -0.39 is 11.9 Å². The molecule has 28 heavy (non-hydrogen) atoms. The lowest BCUT2D eigenvalue weighted by molar-refractivity contribution is -0.122. The van der Waals surface area contributed by atoms with Crippen LogP contribution in [-0.4, -0.2) is 29.6 Å². The molecule has 2 aromatic rings. The monoisotopic (exact) mass is 401 g/mol. The third-order valence-corrected chi connectivity index (χ3v) is 5.58. The molecule has 3 amide bonds. The summed E-state index contributed by atoms with van der Waals surface area (Å²) in [7, 11) is 0. The maximum absolute atomic E-state index is 11.9. The fourth-order valence-corrected chi connectivity index (χ4v) is 4.10. The molecule has 0 saturated heterocycles. The number of urea groups is 1. The number of ether oxygens (including phenoxy) is 1. The largest absolute Gasteiger partial charge is 0.484 e. The lowest BCUT2D eigenvalue weighted by Crippen LogP contribution is -2.45. The summed E-state index contributed by atoms with van der Waals surface area (Å²) < 4.78 is 5.48. The predicted molar refractivity (Wildman–Crippen MR) is 111 cm³/mol. The van der Waals surface area contributed by atoms with Gasteiger partial charge in [0.05, 0.1) is 5.69 Å². The van der Waals surface area contributed by atoms with Gasteiger partial charge in [-0.2, -0.15) is 0 Å². The Balaban J connectivity index is 1.48. The fraction of sp³-hybridized carbons (Fsp3) is 0.476. The summed E-state index contributed by atoms with van der Waals surface area (Å²) in [6, 6.07) is 7.18. The van der Waals surface area contributed by atoms with Gasteiger partial charge in [-0.3, -0.25) is 10.1 Å². The van der Waals surface area contributed by atoms with E-state index in [1.807, 2.05) is 12.1 Å². The highest BCUT2D eigenvalue weighted by Gasteiger charge is 2.19. The summed E-state index contributed by atoms with van der Waals surface area (Å²) in [5.41, 5.74) is 2.10. The summed E-state index contributed by atoms with van der Waals surface area (Å²) in [6.07, 6.45) is 4.19. The molecule has 0 atom stereocenters. The number of nitrogens with one attached hydrogen (secondary N) is 2. The average Bonchev–Trinajstić information content (AvgIpc) is 3.31. The van der Waals surface area contributed by atoms with E-state index in [1.54, 1.807) is 23.5 Å². The maximum atomic E-state index is 11.9. The zero-order chi connectivity index (χ0) is 20.1. The van der Waals surface area contributed by atoms with Crippen molar-refractivity contribution >= 4 is 23.3 Å². The minimum atomic E-state index is -0.464. The molecule has 0 bridgehead atoms. The molecular formula is C21H27N3O3S. The summed E-state index contributed by atoms with van der Waals surface area (Å²) in [5, 5.41) is 8.16. The van der Waals surface area contributed by atoms with Crippen molar-refractivity contribution in [1.29, 1.82) is 0 Å². The van der Waals surface area contributed by atoms with Crippen LogP contribution in [0.4, 0.5) is 4.79 Å². The first-order valence-electron chi connectivity index (χ1n) is 9.61. The van der Waals surface area contributed by atoms with E-state index in [0.717, 1.165) is 41.9 Å². The molecule has 0 radical (unpaired) electrons. The standard InChI is InChI=1S/C21H27N3O3S/c1-21(2,3)17-13-28-19(23-17)14-8-10-16(11-9-14)27-12-18(25)24-20(26)22-15-6-4-5-7-15/h8-11,13,15H,4-7,12H2,1-3H3,(H2,22,24,25,26). The van der Waals surface area contributed by atoms with Gasteiger partial charge < -0.3 is 10.1 Å². The molecule has 3 rings (SSSR count). The van der Waals surface area contributed by atoms with Gasteiger partial charge in [0, 0.05) is 22.4 Å². The number of nitrogens with zero attached hydrogens (tertiary/aromatic N) is 1. The molecule has 1 aromatic heterocycles. The average molecular weight is 402 g/mol. The number of thiazole rings is 1. The molecule has 6 nitrogen and oxygen atoms in total. The minimum Gasteiger partial charge on any atom is -0.484 e. The van der Waals surface area contributed by atoms with E-state index in [1.165, 1.54) is 0 Å². The highest BCUT2D eigenvalue weighted by atomic mass is 32.1. The molecule has 0 unspecified atom stereocenters. The zero-order valence-corrected chi connectivity index (χ0v) is 17.4. The van der Waals surface area contributed by atoms with Crippen molar-refractivity contribution in [2.45, 2.75) is 57.9 Å². The van der Waals surface area contributed by atoms with Gasteiger partial charge in [-0.05, 0) is 37.1 Å². The van der Waals surface area contributed by atoms with Crippen LogP contribution in [0.3, 0.4) is 0 Å². The lowest BCUT2D eigenvalue weighted by Gasteiger charge is -2.14. The Morgan fingerprint density at radius 2 is 1.86 bits per heavy atom. The topological polar surface area (TPSA) is 80.3 Å². The van der Waals surface area contributed by atoms with E-state index >= 15 is 0 Å². The van der Waals surface area contributed by atoms with Crippen LogP contribution >= 0.6 is 11.3 Å². The molecule has 1 fully saturated rings. The Labute approximate surface area is 169 Å². The van der Waals surface area contributed by atoms with Crippen LogP contribution in [-0.2, 0) is 10.2 Å². The maximum Gasteiger partial charge on any atom is 0.321 e. The van der Waals surface area contributed by atoms with Gasteiger partial charge >= 0.3 is 6.03 Å². The first kappa shape index (κ1) is 20.3. The van der Waals surface area contributed by atoms with Gasteiger partial charge in [-0.1, -0.05) is 33.6 Å². The minimum absolute atomic E-state index is 0.0230. The van der Waals surface area contributed by atoms with Crippen molar-refractivity contribution in [3.05, 3.63) is 35.3 Å². The van der Waals surface area contributed by atoms with Gasteiger partial charge in [-0.15, -0.1) is 11.3 Å².